The molecule has 0 fully saturated rings. The zero-order valence-corrected chi connectivity index (χ0v) is 12.0. The molecule has 2 aromatic rings. The zero-order chi connectivity index (χ0) is 13.8. The van der Waals surface area contributed by atoms with E-state index in [9.17, 15) is 0 Å². The third-order valence-electron chi connectivity index (χ3n) is 3.37. The second kappa shape index (κ2) is 6.17. The van der Waals surface area contributed by atoms with Crippen LogP contribution >= 0.6 is 0 Å². The molecule has 0 saturated carbocycles. The lowest BCUT2D eigenvalue weighted by molar-refractivity contribution is 0.292. The van der Waals surface area contributed by atoms with Gasteiger partial charge in [-0.1, -0.05) is 13.0 Å². The molecule has 0 spiro atoms. The van der Waals surface area contributed by atoms with Gasteiger partial charge in [0.1, 0.15) is 5.52 Å². The number of aromatic nitrogens is 1. The summed E-state index contributed by atoms with van der Waals surface area (Å²) in [5, 5.41) is 0. The largest absolute Gasteiger partial charge is 0.441 e. The first-order chi connectivity index (χ1) is 9.08. The number of nitrogens with zero attached hydrogens (tertiary/aromatic N) is 2. The Morgan fingerprint density at radius 1 is 1.42 bits per heavy atom. The SMILES string of the molecule is Cc1nc2ccc(CCN(C)CC(C)CN)cc2o1. The molecule has 0 saturated heterocycles. The number of nitrogens with two attached hydrogens (primary N) is 1. The lowest BCUT2D eigenvalue weighted by Gasteiger charge is -2.20. The molecule has 2 N–H and O–H groups in total. The van der Waals surface area contributed by atoms with Gasteiger partial charge in [0.2, 0.25) is 0 Å². The average molecular weight is 261 g/mol. The lowest BCUT2D eigenvalue weighted by Crippen LogP contribution is -2.29. The maximum atomic E-state index is 5.65. The second-order valence-electron chi connectivity index (χ2n) is 5.39. The summed E-state index contributed by atoms with van der Waals surface area (Å²) >= 11 is 0. The number of aryl methyl sites for hydroxylation is 1. The summed E-state index contributed by atoms with van der Waals surface area (Å²) in [6.07, 6.45) is 1.02. The van der Waals surface area contributed by atoms with Crippen LogP contribution in [0.1, 0.15) is 18.4 Å². The number of hydrogen-bond donors (Lipinski definition) is 1. The molecule has 1 heterocycles. The van der Waals surface area contributed by atoms with Crippen molar-refractivity contribution < 1.29 is 4.42 Å². The standard InChI is InChI=1S/C15H23N3O/c1-11(9-16)10-18(3)7-6-13-4-5-14-15(8-13)19-12(2)17-14/h4-5,8,11H,6-7,9-10,16H2,1-3H3. The van der Waals surface area contributed by atoms with E-state index in [1.165, 1.54) is 5.56 Å². The van der Waals surface area contributed by atoms with Gasteiger partial charge in [0, 0.05) is 20.0 Å². The van der Waals surface area contributed by atoms with Gasteiger partial charge in [-0.2, -0.15) is 0 Å². The number of benzene rings is 1. The molecule has 0 bridgehead atoms. The fourth-order valence-electron chi connectivity index (χ4n) is 2.26. The van der Waals surface area contributed by atoms with E-state index in [4.69, 9.17) is 10.2 Å². The van der Waals surface area contributed by atoms with Crippen molar-refractivity contribution in [1.82, 2.24) is 9.88 Å². The van der Waals surface area contributed by atoms with E-state index >= 15 is 0 Å². The summed E-state index contributed by atoms with van der Waals surface area (Å²) in [5.74, 6) is 1.27. The molecule has 1 aromatic carbocycles. The third-order valence-corrected chi connectivity index (χ3v) is 3.37. The lowest BCUT2D eigenvalue weighted by atomic mass is 10.1. The summed E-state index contributed by atoms with van der Waals surface area (Å²) in [6.45, 7) is 6.87. The van der Waals surface area contributed by atoms with E-state index in [-0.39, 0.29) is 0 Å². The van der Waals surface area contributed by atoms with Crippen molar-refractivity contribution >= 4 is 11.1 Å². The fraction of sp³-hybridized carbons (Fsp3) is 0.533. The highest BCUT2D eigenvalue weighted by atomic mass is 16.3. The average Bonchev–Trinajstić information content (AvgIpc) is 2.75. The summed E-state index contributed by atoms with van der Waals surface area (Å²) in [4.78, 5) is 6.64. The molecular formula is C15H23N3O. The molecular weight excluding hydrogens is 238 g/mol. The van der Waals surface area contributed by atoms with Gasteiger partial charge in [-0.15, -0.1) is 0 Å². The van der Waals surface area contributed by atoms with Crippen molar-refractivity contribution in [1.29, 1.82) is 0 Å². The molecule has 0 amide bonds. The van der Waals surface area contributed by atoms with E-state index in [0.29, 0.717) is 5.92 Å². The van der Waals surface area contributed by atoms with Crippen molar-refractivity contribution in [3.63, 3.8) is 0 Å². The summed E-state index contributed by atoms with van der Waals surface area (Å²) in [5.41, 5.74) is 8.75. The van der Waals surface area contributed by atoms with E-state index in [1.54, 1.807) is 0 Å². The monoisotopic (exact) mass is 261 g/mol. The smallest absolute Gasteiger partial charge is 0.192 e. The van der Waals surface area contributed by atoms with Gasteiger partial charge in [0.15, 0.2) is 11.5 Å². The van der Waals surface area contributed by atoms with Crippen LogP contribution in [0.2, 0.25) is 0 Å². The van der Waals surface area contributed by atoms with E-state index in [0.717, 1.165) is 43.0 Å². The van der Waals surface area contributed by atoms with Crippen molar-refractivity contribution in [2.24, 2.45) is 11.7 Å². The van der Waals surface area contributed by atoms with E-state index in [1.807, 2.05) is 13.0 Å². The topological polar surface area (TPSA) is 55.3 Å². The van der Waals surface area contributed by atoms with E-state index < -0.39 is 0 Å². The first kappa shape index (κ1) is 14.0. The molecule has 0 radical (unpaired) electrons. The molecule has 4 nitrogen and oxygen atoms in total. The highest BCUT2D eigenvalue weighted by molar-refractivity contribution is 5.73. The maximum Gasteiger partial charge on any atom is 0.192 e. The summed E-state index contributed by atoms with van der Waals surface area (Å²) in [6, 6.07) is 6.25. The number of rotatable bonds is 6. The minimum absolute atomic E-state index is 0.546. The summed E-state index contributed by atoms with van der Waals surface area (Å²) < 4.78 is 5.56. The Kier molecular flexibility index (Phi) is 4.56. The van der Waals surface area contributed by atoms with Crippen LogP contribution in [0.15, 0.2) is 22.6 Å². The first-order valence-corrected chi connectivity index (χ1v) is 6.83. The Morgan fingerprint density at radius 3 is 2.95 bits per heavy atom. The Bertz CT molecular complexity index is 535. The normalized spacial score (nSPS) is 13.3. The zero-order valence-electron chi connectivity index (χ0n) is 12.0. The van der Waals surface area contributed by atoms with Crippen molar-refractivity contribution in [2.75, 3.05) is 26.7 Å². The van der Waals surface area contributed by atoms with Gasteiger partial charge < -0.3 is 15.1 Å². The number of likely N-dealkylation sites (N-methyl/N-ethyl adjacent to an activating group) is 1. The summed E-state index contributed by atoms with van der Waals surface area (Å²) in [7, 11) is 2.14. The molecule has 1 atom stereocenters. The van der Waals surface area contributed by atoms with E-state index in [2.05, 4.69) is 36.0 Å². The maximum absolute atomic E-state index is 5.65. The molecule has 2 rings (SSSR count). The molecule has 1 unspecified atom stereocenters. The van der Waals surface area contributed by atoms with Crippen LogP contribution in [0, 0.1) is 12.8 Å². The Morgan fingerprint density at radius 2 is 2.21 bits per heavy atom. The minimum atomic E-state index is 0.546. The van der Waals surface area contributed by atoms with Crippen LogP contribution in [0.4, 0.5) is 0 Å². The molecule has 0 aliphatic carbocycles. The predicted molar refractivity (Wildman–Crippen MR) is 78.2 cm³/mol. The molecule has 0 aliphatic heterocycles. The second-order valence-corrected chi connectivity index (χ2v) is 5.39. The molecule has 19 heavy (non-hydrogen) atoms. The van der Waals surface area contributed by atoms with Crippen LogP contribution in [-0.2, 0) is 6.42 Å². The van der Waals surface area contributed by atoms with Gasteiger partial charge >= 0.3 is 0 Å². The van der Waals surface area contributed by atoms with Gasteiger partial charge in [-0.05, 0) is 43.6 Å². The number of hydrogen-bond acceptors (Lipinski definition) is 4. The van der Waals surface area contributed by atoms with Crippen LogP contribution in [0.25, 0.3) is 11.1 Å². The third kappa shape index (κ3) is 3.78. The quantitative estimate of drug-likeness (QED) is 0.866. The van der Waals surface area contributed by atoms with Crippen LogP contribution in [0.5, 0.6) is 0 Å². The fourth-order valence-corrected chi connectivity index (χ4v) is 2.26. The molecule has 4 heteroatoms. The van der Waals surface area contributed by atoms with Crippen molar-refractivity contribution in [2.45, 2.75) is 20.3 Å². The number of oxazole rings is 1. The highest BCUT2D eigenvalue weighted by Crippen LogP contribution is 2.17. The number of fused-ring (bicyclic) bond motifs is 1. The Hall–Kier alpha value is -1.39. The van der Waals surface area contributed by atoms with Crippen LogP contribution in [-0.4, -0.2) is 36.6 Å². The van der Waals surface area contributed by atoms with Gasteiger partial charge in [0.25, 0.3) is 0 Å². The predicted octanol–water partition coefficient (Wildman–Crippen LogP) is 2.21. The molecule has 1 aromatic heterocycles. The van der Waals surface area contributed by atoms with Gasteiger partial charge in [0.05, 0.1) is 0 Å². The van der Waals surface area contributed by atoms with Gasteiger partial charge in [-0.25, -0.2) is 4.98 Å². The van der Waals surface area contributed by atoms with Gasteiger partial charge in [-0.3, -0.25) is 0 Å². The minimum Gasteiger partial charge on any atom is -0.441 e. The van der Waals surface area contributed by atoms with Crippen LogP contribution < -0.4 is 5.73 Å². The Balaban J connectivity index is 1.94. The van der Waals surface area contributed by atoms with Crippen LogP contribution in [0.3, 0.4) is 0 Å². The molecule has 104 valence electrons. The van der Waals surface area contributed by atoms with Crippen molar-refractivity contribution in [3.8, 4) is 0 Å². The highest BCUT2D eigenvalue weighted by Gasteiger charge is 2.06. The van der Waals surface area contributed by atoms with Crippen molar-refractivity contribution in [3.05, 3.63) is 29.7 Å². The Labute approximate surface area is 114 Å². The molecule has 0 aliphatic rings. The first-order valence-electron chi connectivity index (χ1n) is 6.83.